The molecule has 0 spiro atoms. The predicted molar refractivity (Wildman–Crippen MR) is 109 cm³/mol. The van der Waals surface area contributed by atoms with Gasteiger partial charge in [0.15, 0.2) is 0 Å². The third-order valence-corrected chi connectivity index (χ3v) is 4.30. The van der Waals surface area contributed by atoms with Gasteiger partial charge in [-0.05, 0) is 50.2 Å². The Kier molecular flexibility index (Phi) is 6.61. The fourth-order valence-electron chi connectivity index (χ4n) is 2.57. The highest BCUT2D eigenvalue weighted by atomic mass is 35.5. The van der Waals surface area contributed by atoms with Crippen LogP contribution in [0, 0.1) is 34.1 Å². The molecular weight excluding hydrogens is 407 g/mol. The Morgan fingerprint density at radius 3 is 1.75 bits per heavy atom. The van der Waals surface area contributed by atoms with Crippen molar-refractivity contribution in [2.45, 2.75) is 13.8 Å². The topological polar surface area (TPSA) is 117 Å². The van der Waals surface area contributed by atoms with Crippen molar-refractivity contribution in [3.8, 4) is 5.69 Å². The maximum atomic E-state index is 11.0. The first-order valence-electron chi connectivity index (χ1n) is 7.90. The highest BCUT2D eigenvalue weighted by Gasteiger charge is 2.17. The number of aryl methyl sites for hydroxylation is 2. The number of nitrogen functional groups attached to an aromatic ring is 1. The number of nitrogens with two attached hydrogens (primary N) is 1. The smallest absolute Gasteiger partial charge is 0.293 e. The van der Waals surface area contributed by atoms with Gasteiger partial charge in [0.2, 0.25) is 0 Å². The van der Waals surface area contributed by atoms with E-state index in [4.69, 9.17) is 28.9 Å². The van der Waals surface area contributed by atoms with Crippen molar-refractivity contribution in [3.63, 3.8) is 0 Å². The predicted octanol–water partition coefficient (Wildman–Crippen LogP) is 5.49. The zero-order chi connectivity index (χ0) is 21.0. The summed E-state index contributed by atoms with van der Waals surface area (Å²) in [5, 5.41) is 22.1. The van der Waals surface area contributed by atoms with E-state index >= 15 is 0 Å². The van der Waals surface area contributed by atoms with E-state index in [0.717, 1.165) is 11.4 Å². The summed E-state index contributed by atoms with van der Waals surface area (Å²) >= 11 is 11.4. The Morgan fingerprint density at radius 1 is 0.821 bits per heavy atom. The van der Waals surface area contributed by atoms with Gasteiger partial charge in [-0.1, -0.05) is 23.2 Å². The van der Waals surface area contributed by atoms with Crippen molar-refractivity contribution < 1.29 is 9.85 Å². The zero-order valence-electron chi connectivity index (χ0n) is 14.9. The Bertz CT molecular complexity index is 1030. The number of nitro benzene ring substituents is 2. The first-order valence-corrected chi connectivity index (χ1v) is 8.66. The molecule has 0 amide bonds. The summed E-state index contributed by atoms with van der Waals surface area (Å²) in [5.74, 6) is 0. The molecule has 10 heteroatoms. The molecule has 0 aliphatic rings. The van der Waals surface area contributed by atoms with E-state index in [-0.39, 0.29) is 17.1 Å². The Labute approximate surface area is 170 Å². The summed E-state index contributed by atoms with van der Waals surface area (Å²) in [6.07, 6.45) is 0. The van der Waals surface area contributed by atoms with Crippen LogP contribution in [0.25, 0.3) is 5.69 Å². The lowest BCUT2D eigenvalue weighted by Gasteiger charge is -2.10. The average molecular weight is 423 g/mol. The molecule has 0 radical (unpaired) electrons. The second-order valence-electron chi connectivity index (χ2n) is 5.80. The van der Waals surface area contributed by atoms with Gasteiger partial charge in [-0.15, -0.1) is 0 Å². The number of benzene rings is 2. The number of halogens is 2. The number of anilines is 1. The summed E-state index contributed by atoms with van der Waals surface area (Å²) in [6.45, 7) is 3.80. The highest BCUT2D eigenvalue weighted by molar-refractivity contribution is 6.31. The number of nitrogens with zero attached hydrogens (tertiary/aromatic N) is 3. The zero-order valence-corrected chi connectivity index (χ0v) is 16.4. The largest absolute Gasteiger partial charge is 0.393 e. The van der Waals surface area contributed by atoms with E-state index < -0.39 is 9.85 Å². The van der Waals surface area contributed by atoms with Crippen molar-refractivity contribution in [3.05, 3.63) is 90.2 Å². The summed E-state index contributed by atoms with van der Waals surface area (Å²) < 4.78 is 1.82. The molecule has 0 fully saturated rings. The Hall–Kier alpha value is -3.10. The summed E-state index contributed by atoms with van der Waals surface area (Å²) in [7, 11) is 0. The van der Waals surface area contributed by atoms with Crippen LogP contribution in [0.1, 0.15) is 11.4 Å². The number of hydrogen-bond donors (Lipinski definition) is 1. The molecule has 0 aliphatic heterocycles. The molecule has 2 N–H and O–H groups in total. The molecule has 1 aromatic heterocycles. The molecule has 0 saturated heterocycles. The molecule has 0 bridgehead atoms. The van der Waals surface area contributed by atoms with E-state index in [0.29, 0.717) is 15.7 Å². The van der Waals surface area contributed by atoms with Crippen molar-refractivity contribution >= 4 is 40.3 Å². The number of nitro groups is 2. The lowest BCUT2D eigenvalue weighted by atomic mass is 10.2. The molecular formula is C18H16Cl2N4O4. The number of rotatable bonds is 3. The van der Waals surface area contributed by atoms with E-state index in [9.17, 15) is 20.2 Å². The first kappa shape index (κ1) is 21.2. The van der Waals surface area contributed by atoms with E-state index in [1.807, 2.05) is 30.5 Å². The summed E-state index contributed by atoms with van der Waals surface area (Å²) in [5.41, 5.74) is 7.70. The van der Waals surface area contributed by atoms with Gasteiger partial charge in [-0.25, -0.2) is 0 Å². The van der Waals surface area contributed by atoms with Gasteiger partial charge in [-0.2, -0.15) is 0 Å². The van der Waals surface area contributed by atoms with Gasteiger partial charge >= 0.3 is 0 Å². The third-order valence-electron chi connectivity index (χ3n) is 3.83. The van der Waals surface area contributed by atoms with Crippen LogP contribution in [0.2, 0.25) is 10.0 Å². The SMILES string of the molecule is Cc1ccc(C)n1-c1cc(Cl)ccc1[N+](=O)[O-].Nc1cc(Cl)ccc1[N+](=O)[O-]. The van der Waals surface area contributed by atoms with Crippen molar-refractivity contribution in [2.75, 3.05) is 5.73 Å². The average Bonchev–Trinajstić information content (AvgIpc) is 2.93. The lowest BCUT2D eigenvalue weighted by molar-refractivity contribution is -0.384. The molecule has 0 aliphatic carbocycles. The molecule has 146 valence electrons. The molecule has 1 heterocycles. The number of aromatic nitrogens is 1. The van der Waals surface area contributed by atoms with Gasteiger partial charge in [-0.3, -0.25) is 20.2 Å². The molecule has 0 unspecified atom stereocenters. The molecule has 28 heavy (non-hydrogen) atoms. The minimum Gasteiger partial charge on any atom is -0.393 e. The molecule has 3 rings (SSSR count). The van der Waals surface area contributed by atoms with Gasteiger partial charge in [0.1, 0.15) is 11.4 Å². The molecule has 3 aromatic rings. The van der Waals surface area contributed by atoms with Gasteiger partial charge in [0.25, 0.3) is 11.4 Å². The summed E-state index contributed by atoms with van der Waals surface area (Å²) in [6, 6.07) is 12.4. The molecule has 2 aromatic carbocycles. The maximum absolute atomic E-state index is 11.0. The third kappa shape index (κ3) is 4.79. The van der Waals surface area contributed by atoms with Crippen LogP contribution in [-0.4, -0.2) is 14.4 Å². The fraction of sp³-hybridized carbons (Fsp3) is 0.111. The second-order valence-corrected chi connectivity index (χ2v) is 6.67. The van der Waals surface area contributed by atoms with Crippen LogP contribution in [-0.2, 0) is 0 Å². The van der Waals surface area contributed by atoms with Gasteiger partial charge in [0, 0.05) is 33.6 Å². The summed E-state index contributed by atoms with van der Waals surface area (Å²) in [4.78, 5) is 20.3. The van der Waals surface area contributed by atoms with Crippen LogP contribution in [0.5, 0.6) is 0 Å². The van der Waals surface area contributed by atoms with Crippen molar-refractivity contribution in [1.29, 1.82) is 0 Å². The first-order chi connectivity index (χ1) is 13.1. The van der Waals surface area contributed by atoms with Crippen molar-refractivity contribution in [1.82, 2.24) is 4.57 Å². The Morgan fingerprint density at radius 2 is 1.29 bits per heavy atom. The minimum atomic E-state index is -0.550. The van der Waals surface area contributed by atoms with Crippen LogP contribution < -0.4 is 5.73 Å². The quantitative estimate of drug-likeness (QED) is 0.340. The van der Waals surface area contributed by atoms with Crippen molar-refractivity contribution in [2.24, 2.45) is 0 Å². The lowest BCUT2D eigenvalue weighted by Crippen LogP contribution is -2.03. The van der Waals surface area contributed by atoms with E-state index in [2.05, 4.69) is 0 Å². The van der Waals surface area contributed by atoms with E-state index in [1.165, 1.54) is 30.3 Å². The van der Waals surface area contributed by atoms with E-state index in [1.54, 1.807) is 6.07 Å². The van der Waals surface area contributed by atoms with Crippen LogP contribution in [0.3, 0.4) is 0 Å². The van der Waals surface area contributed by atoms with Crippen LogP contribution in [0.15, 0.2) is 48.5 Å². The van der Waals surface area contributed by atoms with Gasteiger partial charge < -0.3 is 10.3 Å². The van der Waals surface area contributed by atoms with Crippen LogP contribution in [0.4, 0.5) is 17.1 Å². The van der Waals surface area contributed by atoms with Crippen LogP contribution >= 0.6 is 23.2 Å². The Balaban J connectivity index is 0.000000221. The molecule has 8 nitrogen and oxygen atoms in total. The standard InChI is InChI=1S/C12H11ClN2O2.C6H5ClN2O2/c1-8-3-4-9(2)14(8)12-7-10(13)5-6-11(12)15(16)17;7-4-1-2-6(9(10)11)5(8)3-4/h3-7H,1-2H3;1-3H,8H2. The minimum absolute atomic E-state index is 0.0526. The molecule has 0 atom stereocenters. The second kappa shape index (κ2) is 8.73. The fourth-order valence-corrected chi connectivity index (χ4v) is 2.92. The molecule has 0 saturated carbocycles. The number of hydrogen-bond acceptors (Lipinski definition) is 5. The van der Waals surface area contributed by atoms with Gasteiger partial charge in [0.05, 0.1) is 9.85 Å². The highest BCUT2D eigenvalue weighted by Crippen LogP contribution is 2.29. The maximum Gasteiger partial charge on any atom is 0.293 e. The normalized spacial score (nSPS) is 10.1. The monoisotopic (exact) mass is 422 g/mol.